The average Bonchev–Trinajstić information content (AvgIpc) is 2.55. The van der Waals surface area contributed by atoms with E-state index < -0.39 is 0 Å². The molecule has 2 nitrogen and oxygen atoms in total. The summed E-state index contributed by atoms with van der Waals surface area (Å²) in [5.74, 6) is 0. The number of aromatic nitrogens is 1. The SMILES string of the molecule is C=Cc1ccccc1C=NCc1ccnc2ccccc12. The molecule has 0 spiro atoms. The van der Waals surface area contributed by atoms with Crippen LogP contribution >= 0.6 is 0 Å². The third kappa shape index (κ3) is 2.90. The third-order valence-corrected chi connectivity index (χ3v) is 3.45. The normalized spacial score (nSPS) is 11.0. The maximum atomic E-state index is 4.57. The number of hydrogen-bond acceptors (Lipinski definition) is 2. The summed E-state index contributed by atoms with van der Waals surface area (Å²) in [5.41, 5.74) is 4.39. The van der Waals surface area contributed by atoms with Gasteiger partial charge in [0.2, 0.25) is 0 Å². The zero-order valence-corrected chi connectivity index (χ0v) is 11.7. The average molecular weight is 272 g/mol. The van der Waals surface area contributed by atoms with Crippen molar-refractivity contribution in [3.63, 3.8) is 0 Å². The summed E-state index contributed by atoms with van der Waals surface area (Å²) in [6.45, 7) is 4.48. The molecule has 0 unspecified atom stereocenters. The highest BCUT2D eigenvalue weighted by atomic mass is 14.7. The summed E-state index contributed by atoms with van der Waals surface area (Å²) in [7, 11) is 0. The van der Waals surface area contributed by atoms with Crippen LogP contribution in [0.5, 0.6) is 0 Å². The first-order valence-electron chi connectivity index (χ1n) is 6.92. The largest absolute Gasteiger partial charge is 0.288 e. The van der Waals surface area contributed by atoms with Gasteiger partial charge in [-0.3, -0.25) is 9.98 Å². The molecule has 1 heterocycles. The first kappa shape index (κ1) is 13.3. The third-order valence-electron chi connectivity index (χ3n) is 3.45. The molecule has 0 aliphatic heterocycles. The number of benzene rings is 2. The maximum Gasteiger partial charge on any atom is 0.0705 e. The van der Waals surface area contributed by atoms with Crippen molar-refractivity contribution < 1.29 is 0 Å². The van der Waals surface area contributed by atoms with Gasteiger partial charge in [0.1, 0.15) is 0 Å². The van der Waals surface area contributed by atoms with Gasteiger partial charge in [-0.15, -0.1) is 0 Å². The van der Waals surface area contributed by atoms with E-state index in [0.29, 0.717) is 6.54 Å². The Bertz CT molecular complexity index is 798. The number of para-hydroxylation sites is 1. The maximum absolute atomic E-state index is 4.57. The Morgan fingerprint density at radius 2 is 1.71 bits per heavy atom. The van der Waals surface area contributed by atoms with Crippen molar-refractivity contribution in [1.82, 2.24) is 4.98 Å². The van der Waals surface area contributed by atoms with Crippen LogP contribution in [0.15, 0.2) is 72.4 Å². The van der Waals surface area contributed by atoms with Gasteiger partial charge >= 0.3 is 0 Å². The first-order valence-corrected chi connectivity index (χ1v) is 6.92. The second-order valence-corrected chi connectivity index (χ2v) is 4.79. The lowest BCUT2D eigenvalue weighted by atomic mass is 10.1. The van der Waals surface area contributed by atoms with Gasteiger partial charge in [-0.05, 0) is 28.8 Å². The minimum atomic E-state index is 0.647. The lowest BCUT2D eigenvalue weighted by molar-refractivity contribution is 1.08. The quantitative estimate of drug-likeness (QED) is 0.642. The smallest absolute Gasteiger partial charge is 0.0705 e. The van der Waals surface area contributed by atoms with Crippen molar-refractivity contribution in [2.75, 3.05) is 0 Å². The van der Waals surface area contributed by atoms with Crippen molar-refractivity contribution in [3.05, 3.63) is 84.1 Å². The minimum absolute atomic E-state index is 0.647. The summed E-state index contributed by atoms with van der Waals surface area (Å²) < 4.78 is 0. The van der Waals surface area contributed by atoms with Crippen LogP contribution in [0.2, 0.25) is 0 Å². The summed E-state index contributed by atoms with van der Waals surface area (Å²) >= 11 is 0. The molecule has 0 saturated carbocycles. The number of pyridine rings is 1. The molecule has 2 heteroatoms. The van der Waals surface area contributed by atoms with Crippen molar-refractivity contribution in [1.29, 1.82) is 0 Å². The summed E-state index contributed by atoms with van der Waals surface area (Å²) in [5, 5.41) is 1.16. The van der Waals surface area contributed by atoms with Crippen LogP contribution in [-0.2, 0) is 6.54 Å². The Morgan fingerprint density at radius 1 is 0.952 bits per heavy atom. The summed E-state index contributed by atoms with van der Waals surface area (Å²) in [4.78, 5) is 8.94. The molecule has 0 amide bonds. The Labute approximate surface area is 124 Å². The Balaban J connectivity index is 1.86. The number of fused-ring (bicyclic) bond motifs is 1. The van der Waals surface area contributed by atoms with Crippen LogP contribution in [0.4, 0.5) is 0 Å². The molecule has 1 aromatic heterocycles. The second kappa shape index (κ2) is 6.14. The molecular weight excluding hydrogens is 256 g/mol. The van der Waals surface area contributed by atoms with E-state index in [-0.39, 0.29) is 0 Å². The molecule has 2 aromatic carbocycles. The molecule has 0 aliphatic rings. The van der Waals surface area contributed by atoms with Crippen LogP contribution < -0.4 is 0 Å². The highest BCUT2D eigenvalue weighted by Crippen LogP contribution is 2.17. The highest BCUT2D eigenvalue weighted by molar-refractivity contribution is 5.86. The fourth-order valence-corrected chi connectivity index (χ4v) is 2.35. The topological polar surface area (TPSA) is 25.2 Å². The van der Waals surface area contributed by atoms with Gasteiger partial charge in [0, 0.05) is 17.8 Å². The minimum Gasteiger partial charge on any atom is -0.288 e. The number of aliphatic imine (C=N–C) groups is 1. The molecule has 0 radical (unpaired) electrons. The molecule has 3 aromatic rings. The zero-order valence-electron chi connectivity index (χ0n) is 11.7. The van der Waals surface area contributed by atoms with Crippen molar-refractivity contribution >= 4 is 23.2 Å². The van der Waals surface area contributed by atoms with Crippen LogP contribution in [0.3, 0.4) is 0 Å². The fraction of sp³-hybridized carbons (Fsp3) is 0.0526. The lowest BCUT2D eigenvalue weighted by Crippen LogP contribution is -1.90. The Hall–Kier alpha value is -2.74. The van der Waals surface area contributed by atoms with Gasteiger partial charge in [0.25, 0.3) is 0 Å². The first-order chi connectivity index (χ1) is 10.4. The van der Waals surface area contributed by atoms with Gasteiger partial charge in [0.15, 0.2) is 0 Å². The van der Waals surface area contributed by atoms with Gasteiger partial charge in [0.05, 0.1) is 12.1 Å². The highest BCUT2D eigenvalue weighted by Gasteiger charge is 2.00. The molecule has 3 rings (SSSR count). The van der Waals surface area contributed by atoms with Crippen molar-refractivity contribution in [2.45, 2.75) is 6.54 Å². The predicted molar refractivity (Wildman–Crippen MR) is 89.6 cm³/mol. The van der Waals surface area contributed by atoms with Gasteiger partial charge in [-0.25, -0.2) is 0 Å². The van der Waals surface area contributed by atoms with Gasteiger partial charge < -0.3 is 0 Å². The van der Waals surface area contributed by atoms with E-state index in [2.05, 4.69) is 22.6 Å². The van der Waals surface area contributed by atoms with E-state index in [0.717, 1.165) is 22.0 Å². The van der Waals surface area contributed by atoms with E-state index in [1.54, 1.807) is 0 Å². The van der Waals surface area contributed by atoms with Gasteiger partial charge in [-0.2, -0.15) is 0 Å². The van der Waals surface area contributed by atoms with Gasteiger partial charge in [-0.1, -0.05) is 55.1 Å². The molecular formula is C19H16N2. The molecule has 0 saturated heterocycles. The molecule has 0 aliphatic carbocycles. The Kier molecular flexibility index (Phi) is 3.88. The van der Waals surface area contributed by atoms with Crippen LogP contribution in [-0.4, -0.2) is 11.2 Å². The monoisotopic (exact) mass is 272 g/mol. The van der Waals surface area contributed by atoms with E-state index in [4.69, 9.17) is 0 Å². The number of hydrogen-bond donors (Lipinski definition) is 0. The van der Waals surface area contributed by atoms with E-state index in [1.807, 2.05) is 67.0 Å². The van der Waals surface area contributed by atoms with Crippen LogP contribution in [0.1, 0.15) is 16.7 Å². The standard InChI is InChI=1S/C19H16N2/c1-2-15-7-3-4-8-16(15)13-20-14-17-11-12-21-19-10-6-5-9-18(17)19/h2-13H,1,14H2. The summed E-state index contributed by atoms with van der Waals surface area (Å²) in [6.07, 6.45) is 5.60. The fourth-order valence-electron chi connectivity index (χ4n) is 2.35. The van der Waals surface area contributed by atoms with E-state index in [1.165, 1.54) is 5.56 Å². The second-order valence-electron chi connectivity index (χ2n) is 4.79. The number of nitrogens with zero attached hydrogens (tertiary/aromatic N) is 2. The number of rotatable bonds is 4. The zero-order chi connectivity index (χ0) is 14.5. The molecule has 0 N–H and O–H groups in total. The molecule has 102 valence electrons. The molecule has 0 bridgehead atoms. The van der Waals surface area contributed by atoms with Crippen LogP contribution in [0.25, 0.3) is 17.0 Å². The molecule has 0 fully saturated rings. The van der Waals surface area contributed by atoms with Crippen molar-refractivity contribution in [2.24, 2.45) is 4.99 Å². The van der Waals surface area contributed by atoms with E-state index >= 15 is 0 Å². The Morgan fingerprint density at radius 3 is 2.57 bits per heavy atom. The lowest BCUT2D eigenvalue weighted by Gasteiger charge is -2.03. The van der Waals surface area contributed by atoms with Crippen molar-refractivity contribution in [3.8, 4) is 0 Å². The van der Waals surface area contributed by atoms with E-state index in [9.17, 15) is 0 Å². The molecule has 21 heavy (non-hydrogen) atoms. The predicted octanol–water partition coefficient (Wildman–Crippen LogP) is 4.50. The van der Waals surface area contributed by atoms with Crippen LogP contribution in [0, 0.1) is 0 Å². The molecule has 0 atom stereocenters. The summed E-state index contributed by atoms with van der Waals surface area (Å²) in [6, 6.07) is 18.3.